The Hall–Kier alpha value is -1.75. The fraction of sp³-hybridized carbons (Fsp3) is 0.562. The van der Waals surface area contributed by atoms with Crippen molar-refractivity contribution in [2.45, 2.75) is 38.8 Å². The van der Waals surface area contributed by atoms with E-state index in [2.05, 4.69) is 0 Å². The molecule has 0 bridgehead atoms. The summed E-state index contributed by atoms with van der Waals surface area (Å²) in [5, 5.41) is 9.32. The van der Waals surface area contributed by atoms with E-state index in [0.29, 0.717) is 26.2 Å². The number of morpholine rings is 1. The maximum absolute atomic E-state index is 12.3. The van der Waals surface area contributed by atoms with Crippen molar-refractivity contribution >= 4 is 6.09 Å². The fourth-order valence-corrected chi connectivity index (χ4v) is 2.29. The molecule has 1 fully saturated rings. The van der Waals surface area contributed by atoms with E-state index in [1.807, 2.05) is 32.9 Å². The van der Waals surface area contributed by atoms with Gasteiger partial charge in [-0.05, 0) is 44.9 Å². The molecule has 1 aliphatic rings. The summed E-state index contributed by atoms with van der Waals surface area (Å²) < 4.78 is 10.9. The predicted octanol–water partition coefficient (Wildman–Crippen LogP) is 2.57. The number of phenolic OH excluding ortho intramolecular Hbond substituents is 1. The molecule has 0 saturated carbocycles. The molecule has 1 aromatic rings. The Balaban J connectivity index is 2.04. The summed E-state index contributed by atoms with van der Waals surface area (Å²) >= 11 is 0. The van der Waals surface area contributed by atoms with Gasteiger partial charge in [0.2, 0.25) is 0 Å². The predicted molar refractivity (Wildman–Crippen MR) is 79.4 cm³/mol. The average Bonchev–Trinajstić information content (AvgIpc) is 2.40. The zero-order chi connectivity index (χ0) is 15.5. The van der Waals surface area contributed by atoms with Gasteiger partial charge in [0.25, 0.3) is 0 Å². The zero-order valence-corrected chi connectivity index (χ0v) is 12.8. The first-order chi connectivity index (χ1) is 9.85. The fourth-order valence-electron chi connectivity index (χ4n) is 2.29. The molecule has 5 nitrogen and oxygen atoms in total. The lowest BCUT2D eigenvalue weighted by atomic mass is 10.0. The highest BCUT2D eigenvalue weighted by molar-refractivity contribution is 5.68. The Morgan fingerprint density at radius 3 is 2.67 bits per heavy atom. The van der Waals surface area contributed by atoms with Crippen molar-refractivity contribution in [3.05, 3.63) is 29.8 Å². The molecule has 1 atom stereocenters. The van der Waals surface area contributed by atoms with Crippen LogP contribution in [0, 0.1) is 0 Å². The normalized spacial score (nSPS) is 19.4. The quantitative estimate of drug-likeness (QED) is 0.910. The van der Waals surface area contributed by atoms with Crippen LogP contribution in [0.3, 0.4) is 0 Å². The number of benzene rings is 1. The van der Waals surface area contributed by atoms with Crippen LogP contribution in [0.2, 0.25) is 0 Å². The lowest BCUT2D eigenvalue weighted by Gasteiger charge is -2.36. The van der Waals surface area contributed by atoms with E-state index in [4.69, 9.17) is 9.47 Å². The summed E-state index contributed by atoms with van der Waals surface area (Å²) in [5.74, 6) is 0.239. The Morgan fingerprint density at radius 2 is 2.05 bits per heavy atom. The third-order valence-corrected chi connectivity index (χ3v) is 3.26. The van der Waals surface area contributed by atoms with Crippen molar-refractivity contribution in [3.8, 4) is 5.75 Å². The first-order valence-electron chi connectivity index (χ1n) is 7.20. The minimum atomic E-state index is -0.502. The molecular weight excluding hydrogens is 270 g/mol. The number of carbonyl (C=O) groups is 1. The highest BCUT2D eigenvalue weighted by atomic mass is 16.6. The van der Waals surface area contributed by atoms with Gasteiger partial charge in [-0.1, -0.05) is 12.1 Å². The molecule has 2 rings (SSSR count). The van der Waals surface area contributed by atoms with E-state index in [9.17, 15) is 9.90 Å². The third-order valence-electron chi connectivity index (χ3n) is 3.26. The van der Waals surface area contributed by atoms with E-state index in [-0.39, 0.29) is 17.9 Å². The SMILES string of the molecule is CC(C)(C)OC(=O)N1CCOCC1Cc1ccc(O)cc1. The Labute approximate surface area is 125 Å². The lowest BCUT2D eigenvalue weighted by molar-refractivity contribution is -0.0319. The van der Waals surface area contributed by atoms with Crippen LogP contribution in [0.5, 0.6) is 5.75 Å². The van der Waals surface area contributed by atoms with E-state index >= 15 is 0 Å². The lowest BCUT2D eigenvalue weighted by Crippen LogP contribution is -2.51. The number of rotatable bonds is 2. The Morgan fingerprint density at radius 1 is 1.38 bits per heavy atom. The van der Waals surface area contributed by atoms with E-state index in [0.717, 1.165) is 5.56 Å². The van der Waals surface area contributed by atoms with E-state index in [1.165, 1.54) is 0 Å². The first kappa shape index (κ1) is 15.6. The second-order valence-electron chi connectivity index (χ2n) is 6.27. The van der Waals surface area contributed by atoms with Gasteiger partial charge < -0.3 is 19.5 Å². The number of ether oxygens (including phenoxy) is 2. The number of amides is 1. The maximum atomic E-state index is 12.3. The number of aromatic hydroxyl groups is 1. The maximum Gasteiger partial charge on any atom is 0.410 e. The summed E-state index contributed by atoms with van der Waals surface area (Å²) in [5.41, 5.74) is 0.551. The van der Waals surface area contributed by atoms with Crippen molar-refractivity contribution in [1.82, 2.24) is 4.90 Å². The van der Waals surface area contributed by atoms with Crippen LogP contribution in [0.15, 0.2) is 24.3 Å². The smallest absolute Gasteiger partial charge is 0.410 e. The minimum Gasteiger partial charge on any atom is -0.508 e. The van der Waals surface area contributed by atoms with E-state index < -0.39 is 5.60 Å². The molecule has 1 aliphatic heterocycles. The van der Waals surface area contributed by atoms with Gasteiger partial charge in [0, 0.05) is 6.54 Å². The van der Waals surface area contributed by atoms with Crippen molar-refractivity contribution in [3.63, 3.8) is 0 Å². The van der Waals surface area contributed by atoms with Gasteiger partial charge in [-0.15, -0.1) is 0 Å². The third kappa shape index (κ3) is 4.63. The molecule has 1 saturated heterocycles. The number of hydrogen-bond acceptors (Lipinski definition) is 4. The Kier molecular flexibility index (Phi) is 4.73. The topological polar surface area (TPSA) is 59.0 Å². The van der Waals surface area contributed by atoms with Crippen molar-refractivity contribution < 1.29 is 19.4 Å². The minimum absolute atomic E-state index is 0.0434. The van der Waals surface area contributed by atoms with Crippen molar-refractivity contribution in [2.24, 2.45) is 0 Å². The molecule has 1 heterocycles. The van der Waals surface area contributed by atoms with Gasteiger partial charge in [0.1, 0.15) is 11.4 Å². The highest BCUT2D eigenvalue weighted by Gasteiger charge is 2.30. The second kappa shape index (κ2) is 6.35. The number of nitrogens with zero attached hydrogens (tertiary/aromatic N) is 1. The molecular formula is C16H23NO4. The van der Waals surface area contributed by atoms with Crippen molar-refractivity contribution in [2.75, 3.05) is 19.8 Å². The van der Waals surface area contributed by atoms with Gasteiger partial charge in [0.15, 0.2) is 0 Å². The number of phenols is 1. The number of hydrogen-bond donors (Lipinski definition) is 1. The van der Waals surface area contributed by atoms with Gasteiger partial charge in [-0.2, -0.15) is 0 Å². The van der Waals surface area contributed by atoms with Crippen LogP contribution in [-0.2, 0) is 15.9 Å². The molecule has 21 heavy (non-hydrogen) atoms. The molecule has 1 unspecified atom stereocenters. The van der Waals surface area contributed by atoms with Crippen LogP contribution < -0.4 is 0 Å². The molecule has 1 aromatic carbocycles. The molecule has 0 aliphatic carbocycles. The highest BCUT2D eigenvalue weighted by Crippen LogP contribution is 2.19. The Bertz CT molecular complexity index is 478. The van der Waals surface area contributed by atoms with Gasteiger partial charge in [-0.3, -0.25) is 0 Å². The molecule has 1 amide bonds. The van der Waals surface area contributed by atoms with Crippen molar-refractivity contribution in [1.29, 1.82) is 0 Å². The van der Waals surface area contributed by atoms with Gasteiger partial charge in [0.05, 0.1) is 19.3 Å². The van der Waals surface area contributed by atoms with Gasteiger partial charge >= 0.3 is 6.09 Å². The van der Waals surface area contributed by atoms with Crippen LogP contribution in [0.1, 0.15) is 26.3 Å². The molecule has 1 N–H and O–H groups in total. The summed E-state index contributed by atoms with van der Waals surface area (Å²) in [4.78, 5) is 14.0. The zero-order valence-electron chi connectivity index (χ0n) is 12.8. The molecule has 0 radical (unpaired) electrons. The summed E-state index contributed by atoms with van der Waals surface area (Å²) in [7, 11) is 0. The van der Waals surface area contributed by atoms with Crippen LogP contribution in [-0.4, -0.2) is 47.5 Å². The van der Waals surface area contributed by atoms with E-state index in [1.54, 1.807) is 17.0 Å². The summed E-state index contributed by atoms with van der Waals surface area (Å²) in [6.45, 7) is 7.16. The van der Waals surface area contributed by atoms with Gasteiger partial charge in [-0.25, -0.2) is 4.79 Å². The monoisotopic (exact) mass is 293 g/mol. The standard InChI is InChI=1S/C16H23NO4/c1-16(2,3)21-15(19)17-8-9-20-11-13(17)10-12-4-6-14(18)7-5-12/h4-7,13,18H,8-11H2,1-3H3. The van der Waals surface area contributed by atoms with Crippen LogP contribution in [0.25, 0.3) is 0 Å². The van der Waals surface area contributed by atoms with Crippen LogP contribution >= 0.6 is 0 Å². The second-order valence-corrected chi connectivity index (χ2v) is 6.27. The summed E-state index contributed by atoms with van der Waals surface area (Å²) in [6.07, 6.45) is 0.383. The van der Waals surface area contributed by atoms with Crippen LogP contribution in [0.4, 0.5) is 4.79 Å². The number of carbonyl (C=O) groups excluding carboxylic acids is 1. The first-order valence-corrected chi connectivity index (χ1v) is 7.20. The largest absolute Gasteiger partial charge is 0.508 e. The average molecular weight is 293 g/mol. The molecule has 5 heteroatoms. The molecule has 0 spiro atoms. The molecule has 0 aromatic heterocycles. The molecule has 116 valence electrons. The summed E-state index contributed by atoms with van der Waals surface area (Å²) in [6, 6.07) is 6.97.